The molecule has 6 nitrogen and oxygen atoms in total. The molecule has 2 heterocycles. The van der Waals surface area contributed by atoms with Crippen molar-refractivity contribution in [3.8, 4) is 22.5 Å². The summed E-state index contributed by atoms with van der Waals surface area (Å²) in [6.07, 6.45) is 2.41. The minimum Gasteiger partial charge on any atom is -0.390 e. The van der Waals surface area contributed by atoms with Crippen LogP contribution in [0.1, 0.15) is 49.6 Å². The number of nitrogens with zero attached hydrogens (tertiary/aromatic N) is 2. The summed E-state index contributed by atoms with van der Waals surface area (Å²) < 4.78 is 14.8. The Morgan fingerprint density at radius 1 is 1.06 bits per heavy atom. The number of aromatic amines is 1. The van der Waals surface area contributed by atoms with Crippen molar-refractivity contribution in [2.24, 2.45) is 0 Å². The van der Waals surface area contributed by atoms with Gasteiger partial charge in [0.25, 0.3) is 0 Å². The summed E-state index contributed by atoms with van der Waals surface area (Å²) in [5, 5.41) is 20.3. The van der Waals surface area contributed by atoms with Crippen LogP contribution in [-0.2, 0) is 10.2 Å². The molecule has 160 valence electrons. The van der Waals surface area contributed by atoms with Crippen LogP contribution in [-0.4, -0.2) is 31.8 Å². The first-order valence-electron chi connectivity index (χ1n) is 10.6. The van der Waals surface area contributed by atoms with E-state index in [-0.39, 0.29) is 11.7 Å². The number of halogens is 1. The van der Waals surface area contributed by atoms with Crippen molar-refractivity contribution < 1.29 is 14.3 Å². The smallest absolute Gasteiger partial charge is 0.235 e. The molecule has 0 bridgehead atoms. The van der Waals surface area contributed by atoms with Crippen LogP contribution in [0.4, 0.5) is 10.1 Å². The van der Waals surface area contributed by atoms with Gasteiger partial charge in [-0.15, -0.1) is 0 Å². The van der Waals surface area contributed by atoms with E-state index < -0.39 is 11.0 Å². The van der Waals surface area contributed by atoms with Crippen LogP contribution in [0.3, 0.4) is 0 Å². The zero-order valence-corrected chi connectivity index (χ0v) is 17.8. The molecule has 5 rings (SSSR count). The molecular weight excluding hydrogens is 395 g/mol. The fraction of sp³-hybridized carbons (Fsp3) is 0.375. The van der Waals surface area contributed by atoms with Gasteiger partial charge in [-0.2, -0.15) is 5.10 Å². The maximum Gasteiger partial charge on any atom is 0.235 e. The zero-order chi connectivity index (χ0) is 22.0. The van der Waals surface area contributed by atoms with Crippen LogP contribution in [0.2, 0.25) is 0 Å². The summed E-state index contributed by atoms with van der Waals surface area (Å²) in [5.74, 6) is 0.767. The Bertz CT molecular complexity index is 1200. The first-order valence-corrected chi connectivity index (χ1v) is 10.6. The number of carbonyl (C=O) groups is 1. The van der Waals surface area contributed by atoms with Gasteiger partial charge in [-0.25, -0.2) is 9.37 Å². The van der Waals surface area contributed by atoms with Crippen molar-refractivity contribution in [2.45, 2.75) is 57.5 Å². The van der Waals surface area contributed by atoms with Gasteiger partial charge in [0.15, 0.2) is 5.82 Å². The monoisotopic (exact) mass is 420 g/mol. The second-order valence-corrected chi connectivity index (χ2v) is 9.17. The van der Waals surface area contributed by atoms with Crippen LogP contribution < -0.4 is 5.32 Å². The molecule has 0 radical (unpaired) electrons. The minimum absolute atomic E-state index is 0.0111. The molecule has 0 atom stereocenters. The van der Waals surface area contributed by atoms with Crippen molar-refractivity contribution >= 4 is 11.6 Å². The third-order valence-corrected chi connectivity index (χ3v) is 6.91. The average molecular weight is 420 g/mol. The Morgan fingerprint density at radius 2 is 1.81 bits per heavy atom. The van der Waals surface area contributed by atoms with Gasteiger partial charge in [0.1, 0.15) is 11.6 Å². The number of aromatic nitrogens is 3. The van der Waals surface area contributed by atoms with E-state index in [1.807, 2.05) is 31.2 Å². The Balaban J connectivity index is 1.56. The third kappa shape index (κ3) is 3.15. The van der Waals surface area contributed by atoms with Crippen molar-refractivity contribution in [1.29, 1.82) is 0 Å². The quantitative estimate of drug-likeness (QED) is 0.573. The lowest BCUT2D eigenvalue weighted by Gasteiger charge is -2.39. The van der Waals surface area contributed by atoms with Gasteiger partial charge >= 0.3 is 0 Å². The van der Waals surface area contributed by atoms with Crippen LogP contribution in [0.5, 0.6) is 0 Å². The van der Waals surface area contributed by atoms with Gasteiger partial charge in [-0.05, 0) is 86.9 Å². The predicted octanol–water partition coefficient (Wildman–Crippen LogP) is 4.41. The highest BCUT2D eigenvalue weighted by atomic mass is 19.1. The van der Waals surface area contributed by atoms with Gasteiger partial charge in [0.2, 0.25) is 5.91 Å². The van der Waals surface area contributed by atoms with Gasteiger partial charge < -0.3 is 10.4 Å². The summed E-state index contributed by atoms with van der Waals surface area (Å²) in [4.78, 5) is 17.3. The van der Waals surface area contributed by atoms with E-state index >= 15 is 0 Å². The van der Waals surface area contributed by atoms with E-state index in [9.17, 15) is 14.3 Å². The Morgan fingerprint density at radius 3 is 2.48 bits per heavy atom. The summed E-state index contributed by atoms with van der Waals surface area (Å²) in [6, 6.07) is 9.17. The van der Waals surface area contributed by atoms with Crippen LogP contribution in [0.15, 0.2) is 30.3 Å². The number of aryl methyl sites for hydroxylation is 1. The zero-order valence-electron chi connectivity index (χ0n) is 17.8. The largest absolute Gasteiger partial charge is 0.390 e. The lowest BCUT2D eigenvalue weighted by atomic mass is 9.66. The molecule has 1 aliphatic carbocycles. The molecule has 3 N–H and O–H groups in total. The average Bonchev–Trinajstić information content (AvgIpc) is 3.27. The molecule has 1 spiro atoms. The second kappa shape index (κ2) is 6.72. The summed E-state index contributed by atoms with van der Waals surface area (Å²) >= 11 is 0. The van der Waals surface area contributed by atoms with E-state index in [4.69, 9.17) is 0 Å². The fourth-order valence-electron chi connectivity index (χ4n) is 4.89. The Kier molecular flexibility index (Phi) is 4.31. The standard InChI is InChI=1S/C24H25FN4O2/c1-13-17(10-16(11-19(13)25)21-26-14(2)28-29-21)15-4-5-18-20(12-15)27-22(30)24(18)8-6-23(3,31)7-9-24/h4-5,10-12,31H,6-9H2,1-3H3,(H,27,30)(H,26,28,29). The number of hydrogen-bond donors (Lipinski definition) is 3. The number of benzene rings is 2. The van der Waals surface area contributed by atoms with Crippen LogP contribution >= 0.6 is 0 Å². The highest BCUT2D eigenvalue weighted by Crippen LogP contribution is 2.50. The van der Waals surface area contributed by atoms with Crippen LogP contribution in [0.25, 0.3) is 22.5 Å². The number of carbonyl (C=O) groups excluding carboxylic acids is 1. The molecule has 1 saturated carbocycles. The topological polar surface area (TPSA) is 90.9 Å². The van der Waals surface area contributed by atoms with Crippen molar-refractivity contribution in [1.82, 2.24) is 15.2 Å². The predicted molar refractivity (Wildman–Crippen MR) is 116 cm³/mol. The van der Waals surface area contributed by atoms with Gasteiger partial charge in [-0.1, -0.05) is 12.1 Å². The number of anilines is 1. The van der Waals surface area contributed by atoms with Crippen molar-refractivity contribution in [3.63, 3.8) is 0 Å². The number of rotatable bonds is 2. The van der Waals surface area contributed by atoms with Gasteiger partial charge in [0, 0.05) is 11.3 Å². The van der Waals surface area contributed by atoms with E-state index in [0.29, 0.717) is 48.5 Å². The van der Waals surface area contributed by atoms with E-state index in [1.54, 1.807) is 13.8 Å². The Labute approximate surface area is 179 Å². The molecular formula is C24H25FN4O2. The van der Waals surface area contributed by atoms with Crippen molar-refractivity contribution in [3.05, 3.63) is 53.1 Å². The highest BCUT2D eigenvalue weighted by molar-refractivity contribution is 6.07. The first-order chi connectivity index (χ1) is 14.7. The number of amides is 1. The molecule has 0 saturated heterocycles. The number of H-pyrrole nitrogens is 1. The maximum absolute atomic E-state index is 14.8. The molecule has 1 aliphatic heterocycles. The maximum atomic E-state index is 14.8. The second-order valence-electron chi connectivity index (χ2n) is 9.17. The molecule has 31 heavy (non-hydrogen) atoms. The lowest BCUT2D eigenvalue weighted by molar-refractivity contribution is -0.123. The minimum atomic E-state index is -0.720. The van der Waals surface area contributed by atoms with Gasteiger partial charge in [0.05, 0.1) is 11.0 Å². The molecule has 3 aromatic rings. The molecule has 2 aromatic carbocycles. The fourth-order valence-corrected chi connectivity index (χ4v) is 4.89. The van der Waals surface area contributed by atoms with E-state index in [0.717, 1.165) is 22.4 Å². The number of fused-ring (bicyclic) bond motifs is 2. The Hall–Kier alpha value is -3.06. The molecule has 2 aliphatic rings. The molecule has 1 amide bonds. The lowest BCUT2D eigenvalue weighted by Crippen LogP contribution is -2.43. The molecule has 7 heteroatoms. The number of nitrogens with one attached hydrogen (secondary N) is 2. The molecule has 0 unspecified atom stereocenters. The highest BCUT2D eigenvalue weighted by Gasteiger charge is 2.50. The van der Waals surface area contributed by atoms with Crippen LogP contribution in [0, 0.1) is 19.7 Å². The number of aliphatic hydroxyl groups is 1. The number of hydrogen-bond acceptors (Lipinski definition) is 4. The third-order valence-electron chi connectivity index (χ3n) is 6.91. The normalized spacial score (nSPS) is 25.0. The van der Waals surface area contributed by atoms with Gasteiger partial charge in [-0.3, -0.25) is 9.89 Å². The molecule has 1 fully saturated rings. The molecule has 1 aromatic heterocycles. The van der Waals surface area contributed by atoms with E-state index in [2.05, 4.69) is 20.5 Å². The SMILES string of the molecule is Cc1nc(-c2cc(F)c(C)c(-c3ccc4c(c3)NC(=O)C43CCC(C)(O)CC3)c2)n[nH]1. The summed E-state index contributed by atoms with van der Waals surface area (Å²) in [5.41, 5.74) is 3.11. The van der Waals surface area contributed by atoms with Crippen molar-refractivity contribution in [2.75, 3.05) is 5.32 Å². The summed E-state index contributed by atoms with van der Waals surface area (Å²) in [7, 11) is 0. The summed E-state index contributed by atoms with van der Waals surface area (Å²) in [6.45, 7) is 5.37. The first kappa shape index (κ1) is 19.9. The van der Waals surface area contributed by atoms with E-state index in [1.165, 1.54) is 6.07 Å².